The normalized spacial score (nSPS) is 42.1. The molecule has 6 atom stereocenters. The first-order valence-electron chi connectivity index (χ1n) is 11.8. The number of fused-ring (bicyclic) bond motifs is 1. The predicted molar refractivity (Wildman–Crippen MR) is 121 cm³/mol. The second kappa shape index (κ2) is 6.01. The molecule has 0 N–H and O–H groups in total. The van der Waals surface area contributed by atoms with E-state index in [0.29, 0.717) is 23.7 Å². The molecule has 5 fully saturated rings. The Labute approximate surface area is 185 Å². The van der Waals surface area contributed by atoms with E-state index in [4.69, 9.17) is 4.74 Å². The molecule has 3 nitrogen and oxygen atoms in total. The van der Waals surface area contributed by atoms with Crippen molar-refractivity contribution in [1.29, 1.82) is 0 Å². The molecule has 3 heteroatoms. The van der Waals surface area contributed by atoms with Crippen LogP contribution in [0, 0.1) is 22.7 Å². The van der Waals surface area contributed by atoms with Crippen LogP contribution >= 0.6 is 0 Å². The van der Waals surface area contributed by atoms with E-state index in [0.717, 1.165) is 18.4 Å². The SMILES string of the molecule is CC1(C)[C@H]2C[C@@H]3N4C(=O)[C@@](C)(Cc5ccccc5)C[C@@]4(c4ccccc4)O[C@]3(C)[C@@H]1C2. The van der Waals surface area contributed by atoms with Gasteiger partial charge in [-0.3, -0.25) is 4.79 Å². The Balaban J connectivity index is 1.46. The molecule has 2 bridgehead atoms. The van der Waals surface area contributed by atoms with Crippen molar-refractivity contribution in [3.8, 4) is 0 Å². The average Bonchev–Trinajstić information content (AvgIpc) is 3.13. The highest BCUT2D eigenvalue weighted by Gasteiger charge is 2.76. The molecule has 3 saturated carbocycles. The highest BCUT2D eigenvalue weighted by Crippen LogP contribution is 2.71. The van der Waals surface area contributed by atoms with Gasteiger partial charge in [-0.25, -0.2) is 0 Å². The number of carbonyl (C=O) groups is 1. The lowest BCUT2D eigenvalue weighted by molar-refractivity contribution is -0.231. The van der Waals surface area contributed by atoms with Crippen LogP contribution in [0.4, 0.5) is 0 Å². The standard InChI is InChI=1S/C28H33NO2/c1-25(2)21-15-22(25)27(4)23(16-21)29-24(30)26(3,17-19-11-7-5-8-12-19)18-28(29,31-27)20-13-9-6-10-14-20/h5-14,21-23H,15-18H2,1-4H3/t21-,22-,23+,26+,27-,28+/m1/s1. The summed E-state index contributed by atoms with van der Waals surface area (Å²) in [7, 11) is 0. The molecule has 0 aromatic heterocycles. The maximum atomic E-state index is 14.2. The summed E-state index contributed by atoms with van der Waals surface area (Å²) in [5.41, 5.74) is 1.24. The molecular formula is C28H33NO2. The van der Waals surface area contributed by atoms with Gasteiger partial charge in [0.2, 0.25) is 5.91 Å². The van der Waals surface area contributed by atoms with Crippen molar-refractivity contribution in [3.05, 3.63) is 71.8 Å². The average molecular weight is 416 g/mol. The summed E-state index contributed by atoms with van der Waals surface area (Å²) in [6.07, 6.45) is 3.75. The van der Waals surface area contributed by atoms with Gasteiger partial charge in [-0.1, -0.05) is 81.4 Å². The van der Waals surface area contributed by atoms with Gasteiger partial charge in [0.05, 0.1) is 17.1 Å². The van der Waals surface area contributed by atoms with E-state index >= 15 is 0 Å². The quantitative estimate of drug-likeness (QED) is 0.658. The molecule has 162 valence electrons. The third kappa shape index (κ3) is 2.36. The van der Waals surface area contributed by atoms with Gasteiger partial charge in [0.15, 0.2) is 5.72 Å². The van der Waals surface area contributed by atoms with Gasteiger partial charge < -0.3 is 9.64 Å². The molecule has 2 saturated heterocycles. The monoisotopic (exact) mass is 415 g/mol. The molecule has 0 radical (unpaired) electrons. The van der Waals surface area contributed by atoms with Crippen molar-refractivity contribution in [1.82, 2.24) is 4.90 Å². The van der Waals surface area contributed by atoms with Crippen LogP contribution in [0.3, 0.4) is 0 Å². The number of ether oxygens (including phenoxy) is 1. The van der Waals surface area contributed by atoms with Crippen LogP contribution in [0.15, 0.2) is 60.7 Å². The van der Waals surface area contributed by atoms with E-state index in [1.165, 1.54) is 12.0 Å². The first-order chi connectivity index (χ1) is 14.7. The van der Waals surface area contributed by atoms with Gasteiger partial charge in [0, 0.05) is 12.0 Å². The minimum Gasteiger partial charge on any atom is -0.343 e. The Morgan fingerprint density at radius 2 is 1.58 bits per heavy atom. The number of benzene rings is 2. The molecule has 3 aliphatic carbocycles. The lowest BCUT2D eigenvalue weighted by atomic mass is 9.43. The Hall–Kier alpha value is -2.13. The fraction of sp³-hybridized carbons (Fsp3) is 0.536. The molecule has 2 heterocycles. The van der Waals surface area contributed by atoms with Gasteiger partial charge >= 0.3 is 0 Å². The maximum absolute atomic E-state index is 14.2. The van der Waals surface area contributed by atoms with Crippen LogP contribution in [0.2, 0.25) is 0 Å². The molecule has 2 aromatic rings. The van der Waals surface area contributed by atoms with Crippen LogP contribution < -0.4 is 0 Å². The van der Waals surface area contributed by atoms with Crippen LogP contribution in [-0.4, -0.2) is 22.4 Å². The molecule has 0 unspecified atom stereocenters. The summed E-state index contributed by atoms with van der Waals surface area (Å²) < 4.78 is 7.24. The summed E-state index contributed by atoms with van der Waals surface area (Å²) >= 11 is 0. The van der Waals surface area contributed by atoms with E-state index < -0.39 is 11.1 Å². The van der Waals surface area contributed by atoms with Crippen molar-refractivity contribution in [2.75, 3.05) is 0 Å². The zero-order valence-electron chi connectivity index (χ0n) is 19.1. The van der Waals surface area contributed by atoms with Gasteiger partial charge in [0.1, 0.15) is 0 Å². The highest BCUT2D eigenvalue weighted by molar-refractivity contribution is 5.87. The molecule has 2 aliphatic heterocycles. The number of carbonyl (C=O) groups excluding carboxylic acids is 1. The maximum Gasteiger partial charge on any atom is 0.231 e. The van der Waals surface area contributed by atoms with Crippen molar-refractivity contribution < 1.29 is 9.53 Å². The molecule has 31 heavy (non-hydrogen) atoms. The minimum absolute atomic E-state index is 0.162. The van der Waals surface area contributed by atoms with Crippen LogP contribution in [0.1, 0.15) is 58.1 Å². The molecular weight excluding hydrogens is 382 g/mol. The Kier molecular flexibility index (Phi) is 3.79. The Bertz CT molecular complexity index is 1030. The zero-order valence-corrected chi connectivity index (χ0v) is 19.1. The molecule has 5 aliphatic rings. The van der Waals surface area contributed by atoms with Gasteiger partial charge in [-0.2, -0.15) is 0 Å². The topological polar surface area (TPSA) is 29.5 Å². The van der Waals surface area contributed by atoms with E-state index in [-0.39, 0.29) is 17.6 Å². The van der Waals surface area contributed by atoms with Crippen molar-refractivity contribution in [2.24, 2.45) is 22.7 Å². The fourth-order valence-corrected chi connectivity index (χ4v) is 7.80. The highest BCUT2D eigenvalue weighted by atomic mass is 16.6. The Morgan fingerprint density at radius 1 is 0.935 bits per heavy atom. The van der Waals surface area contributed by atoms with Crippen molar-refractivity contribution >= 4 is 5.91 Å². The smallest absolute Gasteiger partial charge is 0.231 e. The molecule has 0 spiro atoms. The van der Waals surface area contributed by atoms with Gasteiger partial charge in [0.25, 0.3) is 0 Å². The third-order valence-electron chi connectivity index (χ3n) is 9.45. The van der Waals surface area contributed by atoms with Crippen molar-refractivity contribution in [2.45, 2.75) is 70.7 Å². The van der Waals surface area contributed by atoms with Crippen LogP contribution in [0.5, 0.6) is 0 Å². The number of nitrogens with zero attached hydrogens (tertiary/aromatic N) is 1. The summed E-state index contributed by atoms with van der Waals surface area (Å²) in [5, 5.41) is 0. The summed E-state index contributed by atoms with van der Waals surface area (Å²) in [6, 6.07) is 21.1. The van der Waals surface area contributed by atoms with Gasteiger partial charge in [-0.15, -0.1) is 0 Å². The van der Waals surface area contributed by atoms with E-state index in [9.17, 15) is 4.79 Å². The lowest BCUT2D eigenvalue weighted by Gasteiger charge is -2.65. The molecule has 7 rings (SSSR count). The van der Waals surface area contributed by atoms with E-state index in [1.54, 1.807) is 0 Å². The Morgan fingerprint density at radius 3 is 2.23 bits per heavy atom. The predicted octanol–water partition coefficient (Wildman–Crippen LogP) is 5.54. The number of hydrogen-bond acceptors (Lipinski definition) is 2. The van der Waals surface area contributed by atoms with Gasteiger partial charge in [-0.05, 0) is 49.0 Å². The van der Waals surface area contributed by atoms with Crippen LogP contribution in [-0.2, 0) is 21.7 Å². The first kappa shape index (κ1) is 19.5. The van der Waals surface area contributed by atoms with E-state index in [1.807, 2.05) is 12.1 Å². The third-order valence-corrected chi connectivity index (χ3v) is 9.45. The molecule has 2 aromatic carbocycles. The summed E-state index contributed by atoms with van der Waals surface area (Å²) in [6.45, 7) is 9.25. The lowest BCUT2D eigenvalue weighted by Crippen LogP contribution is -2.67. The second-order valence-electron chi connectivity index (χ2n) is 11.6. The minimum atomic E-state index is -0.658. The molecule has 1 amide bonds. The number of rotatable bonds is 3. The van der Waals surface area contributed by atoms with Crippen LogP contribution in [0.25, 0.3) is 0 Å². The first-order valence-corrected chi connectivity index (χ1v) is 11.8. The van der Waals surface area contributed by atoms with Crippen molar-refractivity contribution in [3.63, 3.8) is 0 Å². The van der Waals surface area contributed by atoms with E-state index in [2.05, 4.69) is 81.1 Å². The second-order valence-corrected chi connectivity index (χ2v) is 11.6. The number of amides is 1. The summed E-state index contributed by atoms with van der Waals surface area (Å²) in [4.78, 5) is 16.4. The summed E-state index contributed by atoms with van der Waals surface area (Å²) in [5.74, 6) is 1.45. The fourth-order valence-electron chi connectivity index (χ4n) is 7.80. The zero-order chi connectivity index (χ0) is 21.6. The largest absolute Gasteiger partial charge is 0.343 e. The number of hydrogen-bond donors (Lipinski definition) is 0.